The highest BCUT2D eigenvalue weighted by molar-refractivity contribution is 5.97. The molecule has 0 radical (unpaired) electrons. The minimum absolute atomic E-state index is 0.118. The summed E-state index contributed by atoms with van der Waals surface area (Å²) in [5.41, 5.74) is 1.57. The topological polar surface area (TPSA) is 50.6 Å². The van der Waals surface area contributed by atoms with Crippen molar-refractivity contribution in [1.82, 2.24) is 14.7 Å². The van der Waals surface area contributed by atoms with Gasteiger partial charge in [-0.1, -0.05) is 30.3 Å². The van der Waals surface area contributed by atoms with Crippen LogP contribution in [0.25, 0.3) is 0 Å². The summed E-state index contributed by atoms with van der Waals surface area (Å²) in [4.78, 5) is 19.0. The highest BCUT2D eigenvalue weighted by Crippen LogP contribution is 2.14. The zero-order valence-electron chi connectivity index (χ0n) is 14.7. The normalized spacial score (nSPS) is 19.6. The van der Waals surface area contributed by atoms with Crippen LogP contribution >= 0.6 is 0 Å². The van der Waals surface area contributed by atoms with Crippen LogP contribution < -0.4 is 0 Å². The molecule has 5 heteroatoms. The molecule has 0 saturated carbocycles. The molecule has 1 aromatic carbocycles. The Morgan fingerprint density at radius 3 is 2.32 bits per heavy atom. The monoisotopic (exact) mass is 338 g/mol. The summed E-state index contributed by atoms with van der Waals surface area (Å²) in [6.07, 6.45) is 5.30. The molecule has 3 rings (SSSR count). The van der Waals surface area contributed by atoms with Crippen LogP contribution in [-0.4, -0.2) is 59.9 Å². The maximum Gasteiger partial charge on any atom is 0.266 e. The zero-order chi connectivity index (χ0) is 17.5. The molecular formula is C20H26N4O. The summed E-state index contributed by atoms with van der Waals surface area (Å²) in [7, 11) is 0. The van der Waals surface area contributed by atoms with Gasteiger partial charge in [0.25, 0.3) is 5.91 Å². The highest BCUT2D eigenvalue weighted by atomic mass is 16.2. The molecule has 1 aromatic rings. The molecule has 0 unspecified atom stereocenters. The predicted molar refractivity (Wildman–Crippen MR) is 97.4 cm³/mol. The maximum absolute atomic E-state index is 12.7. The lowest BCUT2D eigenvalue weighted by atomic mass is 10.1. The maximum atomic E-state index is 12.7. The highest BCUT2D eigenvalue weighted by Gasteiger charge is 2.24. The van der Waals surface area contributed by atoms with Crippen molar-refractivity contribution in [3.8, 4) is 6.07 Å². The first kappa shape index (κ1) is 17.5. The Balaban J connectivity index is 1.53. The average molecular weight is 338 g/mol. The van der Waals surface area contributed by atoms with Crippen molar-refractivity contribution in [1.29, 1.82) is 5.26 Å². The van der Waals surface area contributed by atoms with Crippen LogP contribution in [0.1, 0.15) is 24.8 Å². The molecule has 2 fully saturated rings. The first-order valence-electron chi connectivity index (χ1n) is 9.18. The Kier molecular flexibility index (Phi) is 6.08. The molecule has 0 spiro atoms. The van der Waals surface area contributed by atoms with Crippen LogP contribution in [0.2, 0.25) is 0 Å². The first-order valence-corrected chi connectivity index (χ1v) is 9.18. The zero-order valence-corrected chi connectivity index (χ0v) is 14.7. The van der Waals surface area contributed by atoms with Crippen molar-refractivity contribution in [2.45, 2.75) is 25.8 Å². The van der Waals surface area contributed by atoms with E-state index in [0.29, 0.717) is 13.1 Å². The van der Waals surface area contributed by atoms with Gasteiger partial charge in [-0.2, -0.15) is 5.26 Å². The summed E-state index contributed by atoms with van der Waals surface area (Å²) in [6, 6.07) is 12.5. The van der Waals surface area contributed by atoms with E-state index in [1.54, 1.807) is 6.20 Å². The van der Waals surface area contributed by atoms with E-state index < -0.39 is 0 Å². The third-order valence-electron chi connectivity index (χ3n) is 4.96. The van der Waals surface area contributed by atoms with Gasteiger partial charge in [-0.15, -0.1) is 0 Å². The van der Waals surface area contributed by atoms with Crippen molar-refractivity contribution < 1.29 is 4.79 Å². The van der Waals surface area contributed by atoms with E-state index in [4.69, 9.17) is 0 Å². The van der Waals surface area contributed by atoms with Crippen LogP contribution in [0.5, 0.6) is 0 Å². The van der Waals surface area contributed by atoms with E-state index in [1.807, 2.05) is 11.0 Å². The Morgan fingerprint density at radius 2 is 1.68 bits per heavy atom. The largest absolute Gasteiger partial charge is 0.376 e. The molecule has 2 aliphatic rings. The second-order valence-electron chi connectivity index (χ2n) is 6.81. The summed E-state index contributed by atoms with van der Waals surface area (Å²) < 4.78 is 0. The molecule has 2 saturated heterocycles. The molecule has 0 bridgehead atoms. The van der Waals surface area contributed by atoms with Crippen molar-refractivity contribution in [2.75, 3.05) is 39.3 Å². The Bertz CT molecular complexity index is 635. The van der Waals surface area contributed by atoms with E-state index in [0.717, 1.165) is 45.6 Å². The molecule has 5 nitrogen and oxygen atoms in total. The number of amides is 1. The average Bonchev–Trinajstić information content (AvgIpc) is 2.68. The molecular weight excluding hydrogens is 312 g/mol. The van der Waals surface area contributed by atoms with E-state index in [2.05, 4.69) is 40.1 Å². The second kappa shape index (κ2) is 8.68. The molecule has 1 amide bonds. The molecule has 0 N–H and O–H groups in total. The lowest BCUT2D eigenvalue weighted by Crippen LogP contribution is -2.48. The molecule has 25 heavy (non-hydrogen) atoms. The van der Waals surface area contributed by atoms with Gasteiger partial charge in [0.2, 0.25) is 0 Å². The summed E-state index contributed by atoms with van der Waals surface area (Å²) >= 11 is 0. The Hall–Kier alpha value is -2.32. The van der Waals surface area contributed by atoms with Crippen LogP contribution in [-0.2, 0) is 11.3 Å². The quantitative estimate of drug-likeness (QED) is 0.624. The smallest absolute Gasteiger partial charge is 0.266 e. The molecule has 0 aliphatic carbocycles. The molecule has 2 heterocycles. The lowest BCUT2D eigenvalue weighted by Gasteiger charge is -2.35. The standard InChI is InChI=1S/C20H26N4O/c21-15-19(17-22-9-5-2-6-10-22)20(25)24-13-11-23(12-14-24)16-18-7-3-1-4-8-18/h1,3-4,7-8,17H,2,5-6,9-14,16H2/b19-17-. The Morgan fingerprint density at radius 1 is 1.00 bits per heavy atom. The van der Waals surface area contributed by atoms with Crippen molar-refractivity contribution in [3.63, 3.8) is 0 Å². The fraction of sp³-hybridized carbons (Fsp3) is 0.500. The van der Waals surface area contributed by atoms with Gasteiger partial charge in [0.1, 0.15) is 11.6 Å². The van der Waals surface area contributed by atoms with Gasteiger partial charge in [-0.25, -0.2) is 0 Å². The number of piperazine rings is 1. The van der Waals surface area contributed by atoms with Gasteiger partial charge in [0, 0.05) is 52.0 Å². The molecule has 2 aliphatic heterocycles. The van der Waals surface area contributed by atoms with Gasteiger partial charge in [0.05, 0.1) is 0 Å². The minimum atomic E-state index is -0.118. The SMILES string of the molecule is N#C/C(=C/N1CCCCC1)C(=O)N1CCN(Cc2ccccc2)CC1. The summed E-state index contributed by atoms with van der Waals surface area (Å²) in [6.45, 7) is 5.88. The molecule has 0 aromatic heterocycles. The third-order valence-corrected chi connectivity index (χ3v) is 4.96. The number of nitrogens with zero attached hydrogens (tertiary/aromatic N) is 4. The van der Waals surface area contributed by atoms with E-state index in [1.165, 1.54) is 12.0 Å². The van der Waals surface area contributed by atoms with E-state index in [9.17, 15) is 10.1 Å². The number of likely N-dealkylation sites (tertiary alicyclic amines) is 1. The number of hydrogen-bond acceptors (Lipinski definition) is 4. The first-order chi connectivity index (χ1) is 12.3. The van der Waals surface area contributed by atoms with Gasteiger partial charge in [0.15, 0.2) is 0 Å². The third kappa shape index (κ3) is 4.83. The van der Waals surface area contributed by atoms with Gasteiger partial charge in [-0.05, 0) is 24.8 Å². The number of benzene rings is 1. The summed E-state index contributed by atoms with van der Waals surface area (Å²) in [5.74, 6) is -0.118. The number of nitriles is 1. The number of carbonyl (C=O) groups is 1. The van der Waals surface area contributed by atoms with Crippen LogP contribution in [0, 0.1) is 11.3 Å². The fourth-order valence-corrected chi connectivity index (χ4v) is 3.48. The van der Waals surface area contributed by atoms with Gasteiger partial charge in [-0.3, -0.25) is 9.69 Å². The van der Waals surface area contributed by atoms with E-state index >= 15 is 0 Å². The lowest BCUT2D eigenvalue weighted by molar-refractivity contribution is -0.128. The van der Waals surface area contributed by atoms with Crippen molar-refractivity contribution >= 4 is 5.91 Å². The van der Waals surface area contributed by atoms with Crippen molar-refractivity contribution in [3.05, 3.63) is 47.7 Å². The van der Waals surface area contributed by atoms with Gasteiger partial charge >= 0.3 is 0 Å². The number of rotatable bonds is 4. The molecule has 0 atom stereocenters. The summed E-state index contributed by atoms with van der Waals surface area (Å²) in [5, 5.41) is 9.40. The van der Waals surface area contributed by atoms with Crippen LogP contribution in [0.4, 0.5) is 0 Å². The van der Waals surface area contributed by atoms with Gasteiger partial charge < -0.3 is 9.80 Å². The minimum Gasteiger partial charge on any atom is -0.376 e. The molecule has 132 valence electrons. The number of hydrogen-bond donors (Lipinski definition) is 0. The number of piperidine rings is 1. The number of carbonyl (C=O) groups excluding carboxylic acids is 1. The fourth-order valence-electron chi connectivity index (χ4n) is 3.48. The van der Waals surface area contributed by atoms with Crippen LogP contribution in [0.15, 0.2) is 42.1 Å². The second-order valence-corrected chi connectivity index (χ2v) is 6.81. The Labute approximate surface area is 150 Å². The van der Waals surface area contributed by atoms with E-state index in [-0.39, 0.29) is 11.5 Å². The predicted octanol–water partition coefficient (Wildman–Crippen LogP) is 2.22. The van der Waals surface area contributed by atoms with Crippen LogP contribution in [0.3, 0.4) is 0 Å². The van der Waals surface area contributed by atoms with Crippen molar-refractivity contribution in [2.24, 2.45) is 0 Å².